The van der Waals surface area contributed by atoms with E-state index in [0.29, 0.717) is 5.92 Å². The average Bonchev–Trinajstić information content (AvgIpc) is 2.82. The van der Waals surface area contributed by atoms with E-state index < -0.39 is 5.54 Å². The first-order valence-electron chi connectivity index (χ1n) is 9.31. The maximum absolute atomic E-state index is 7.20. The van der Waals surface area contributed by atoms with Crippen LogP contribution in [0.5, 0.6) is 0 Å². The molecule has 3 N–H and O–H groups in total. The Labute approximate surface area is 151 Å². The molecular formula is C23H28N2. The Balaban J connectivity index is 1.94. The lowest BCUT2D eigenvalue weighted by Crippen LogP contribution is -2.63. The van der Waals surface area contributed by atoms with E-state index in [0.717, 1.165) is 24.8 Å². The topological polar surface area (TPSA) is 38.0 Å². The Bertz CT molecular complexity index is 828. The molecule has 0 aromatic heterocycles. The van der Waals surface area contributed by atoms with Crippen LogP contribution in [0.1, 0.15) is 33.1 Å². The van der Waals surface area contributed by atoms with Crippen molar-refractivity contribution < 1.29 is 0 Å². The van der Waals surface area contributed by atoms with Gasteiger partial charge in [0.25, 0.3) is 0 Å². The van der Waals surface area contributed by atoms with Gasteiger partial charge in [-0.15, -0.1) is 0 Å². The van der Waals surface area contributed by atoms with Crippen molar-refractivity contribution >= 4 is 0 Å². The predicted molar refractivity (Wildman–Crippen MR) is 106 cm³/mol. The number of allylic oxidation sites excluding steroid dienone is 8. The summed E-state index contributed by atoms with van der Waals surface area (Å²) in [6, 6.07) is 0. The first-order chi connectivity index (χ1) is 12.0. The van der Waals surface area contributed by atoms with E-state index >= 15 is 0 Å². The zero-order chi connectivity index (χ0) is 17.8. The highest BCUT2D eigenvalue weighted by atomic mass is 15.1. The minimum absolute atomic E-state index is 0.377. The van der Waals surface area contributed by atoms with Crippen LogP contribution in [0.15, 0.2) is 82.5 Å². The van der Waals surface area contributed by atoms with Crippen molar-refractivity contribution in [2.24, 2.45) is 11.7 Å². The Hall–Kier alpha value is -1.90. The van der Waals surface area contributed by atoms with E-state index in [1.807, 2.05) is 7.05 Å². The maximum atomic E-state index is 7.20. The molecule has 130 valence electrons. The Morgan fingerprint density at radius 1 is 1.28 bits per heavy atom. The third-order valence-corrected chi connectivity index (χ3v) is 6.40. The minimum atomic E-state index is -0.453. The van der Waals surface area contributed by atoms with Crippen molar-refractivity contribution in [2.75, 3.05) is 7.05 Å². The smallest absolute Gasteiger partial charge is 0.0885 e. The quantitative estimate of drug-likeness (QED) is 0.792. The zero-order valence-corrected chi connectivity index (χ0v) is 15.5. The SMILES string of the molecule is C=C1C2=CC=CCC=C2C2(N)CC3=C(CC=CC(C(C)C)=C3)C12NC. The van der Waals surface area contributed by atoms with Gasteiger partial charge in [0.2, 0.25) is 0 Å². The second kappa shape index (κ2) is 5.55. The highest BCUT2D eigenvalue weighted by Gasteiger charge is 2.64. The van der Waals surface area contributed by atoms with Gasteiger partial charge in [-0.05, 0) is 65.7 Å². The summed E-state index contributed by atoms with van der Waals surface area (Å²) >= 11 is 0. The highest BCUT2D eigenvalue weighted by Crippen LogP contribution is 2.60. The largest absolute Gasteiger partial charge is 0.319 e. The third kappa shape index (κ3) is 1.98. The van der Waals surface area contributed by atoms with Crippen molar-refractivity contribution in [3.63, 3.8) is 0 Å². The van der Waals surface area contributed by atoms with E-state index in [1.165, 1.54) is 27.9 Å². The van der Waals surface area contributed by atoms with Gasteiger partial charge in [-0.2, -0.15) is 0 Å². The lowest BCUT2D eigenvalue weighted by atomic mass is 9.75. The molecule has 4 aliphatic rings. The number of fused-ring (bicyclic) bond motifs is 4. The molecule has 0 amide bonds. The van der Waals surface area contributed by atoms with E-state index in [2.05, 4.69) is 68.3 Å². The van der Waals surface area contributed by atoms with Crippen LogP contribution in [0, 0.1) is 5.92 Å². The van der Waals surface area contributed by atoms with E-state index in [1.54, 1.807) is 0 Å². The Morgan fingerprint density at radius 2 is 2.08 bits per heavy atom. The fourth-order valence-electron chi connectivity index (χ4n) is 5.18. The third-order valence-electron chi connectivity index (χ3n) is 6.40. The van der Waals surface area contributed by atoms with E-state index in [-0.39, 0.29) is 5.54 Å². The molecule has 0 spiro atoms. The minimum Gasteiger partial charge on any atom is -0.319 e. The van der Waals surface area contributed by atoms with Crippen LogP contribution in [0.25, 0.3) is 0 Å². The van der Waals surface area contributed by atoms with Gasteiger partial charge in [-0.3, -0.25) is 0 Å². The molecule has 4 aliphatic carbocycles. The molecule has 2 atom stereocenters. The second-order valence-corrected chi connectivity index (χ2v) is 7.90. The molecule has 2 heteroatoms. The van der Waals surface area contributed by atoms with Gasteiger partial charge in [0.1, 0.15) is 0 Å². The van der Waals surface area contributed by atoms with Crippen LogP contribution in [0.2, 0.25) is 0 Å². The number of rotatable bonds is 2. The maximum Gasteiger partial charge on any atom is 0.0885 e. The van der Waals surface area contributed by atoms with Gasteiger partial charge in [0.05, 0.1) is 11.1 Å². The molecule has 4 rings (SSSR count). The molecule has 2 nitrogen and oxygen atoms in total. The molecule has 25 heavy (non-hydrogen) atoms. The van der Waals surface area contributed by atoms with Gasteiger partial charge in [0.15, 0.2) is 0 Å². The standard InChI is InChI=1S/C23H28N2/c1-15(2)17-9-8-12-20-18(13-17)14-22(24)21-11-7-5-6-10-19(21)16(3)23(20,22)25-4/h5-6,8-11,13,15,25H,3,7,12,14,24H2,1-2,4H3. The number of hydrogen-bond donors (Lipinski definition) is 2. The number of likely N-dealkylation sites (N-methyl/N-ethyl adjacent to an activating group) is 1. The Morgan fingerprint density at radius 3 is 2.80 bits per heavy atom. The lowest BCUT2D eigenvalue weighted by Gasteiger charge is -2.41. The van der Waals surface area contributed by atoms with Crippen LogP contribution in [-0.4, -0.2) is 18.1 Å². The van der Waals surface area contributed by atoms with Crippen molar-refractivity contribution in [1.29, 1.82) is 0 Å². The summed E-state index contributed by atoms with van der Waals surface area (Å²) in [7, 11) is 2.03. The summed E-state index contributed by atoms with van der Waals surface area (Å²) < 4.78 is 0. The van der Waals surface area contributed by atoms with Crippen molar-refractivity contribution in [3.05, 3.63) is 82.5 Å². The Kier molecular flexibility index (Phi) is 3.68. The molecule has 0 aromatic rings. The second-order valence-electron chi connectivity index (χ2n) is 7.90. The molecule has 0 radical (unpaired) electrons. The molecule has 0 heterocycles. The molecule has 0 bridgehead atoms. The first-order valence-corrected chi connectivity index (χ1v) is 9.31. The van der Waals surface area contributed by atoms with Crippen molar-refractivity contribution in [1.82, 2.24) is 5.32 Å². The van der Waals surface area contributed by atoms with Gasteiger partial charge < -0.3 is 11.1 Å². The molecular weight excluding hydrogens is 304 g/mol. The van der Waals surface area contributed by atoms with Gasteiger partial charge in [-0.25, -0.2) is 0 Å². The molecule has 2 unspecified atom stereocenters. The summed E-state index contributed by atoms with van der Waals surface area (Å²) in [5, 5.41) is 3.63. The fraction of sp³-hybridized carbons (Fsp3) is 0.391. The predicted octanol–water partition coefficient (Wildman–Crippen LogP) is 4.27. The molecule has 0 aromatic carbocycles. The number of nitrogens with two attached hydrogens (primary N) is 1. The van der Waals surface area contributed by atoms with Gasteiger partial charge >= 0.3 is 0 Å². The van der Waals surface area contributed by atoms with E-state index in [4.69, 9.17) is 5.73 Å². The monoisotopic (exact) mass is 332 g/mol. The first kappa shape index (κ1) is 16.6. The average molecular weight is 332 g/mol. The van der Waals surface area contributed by atoms with E-state index in [9.17, 15) is 0 Å². The lowest BCUT2D eigenvalue weighted by molar-refractivity contribution is 0.350. The summed E-state index contributed by atoms with van der Waals surface area (Å²) in [6.45, 7) is 9.03. The molecule has 0 aliphatic heterocycles. The number of hydrogen-bond acceptors (Lipinski definition) is 2. The van der Waals surface area contributed by atoms with Crippen LogP contribution in [0.4, 0.5) is 0 Å². The molecule has 0 saturated heterocycles. The van der Waals surface area contributed by atoms with Gasteiger partial charge in [0, 0.05) is 0 Å². The van der Waals surface area contributed by atoms with Crippen molar-refractivity contribution in [2.45, 2.75) is 44.2 Å². The highest BCUT2D eigenvalue weighted by molar-refractivity contribution is 5.75. The fourth-order valence-corrected chi connectivity index (χ4v) is 5.18. The van der Waals surface area contributed by atoms with Crippen LogP contribution in [0.3, 0.4) is 0 Å². The summed E-state index contributed by atoms with van der Waals surface area (Å²) in [5.74, 6) is 0.516. The van der Waals surface area contributed by atoms with Crippen molar-refractivity contribution in [3.8, 4) is 0 Å². The zero-order valence-electron chi connectivity index (χ0n) is 15.5. The van der Waals surface area contributed by atoms with Gasteiger partial charge in [-0.1, -0.05) is 63.0 Å². The van der Waals surface area contributed by atoms with Crippen LogP contribution in [-0.2, 0) is 0 Å². The van der Waals surface area contributed by atoms with Crippen LogP contribution < -0.4 is 11.1 Å². The number of nitrogens with one attached hydrogen (secondary N) is 1. The van der Waals surface area contributed by atoms with Crippen LogP contribution >= 0.6 is 0 Å². The molecule has 1 saturated carbocycles. The summed E-state index contributed by atoms with van der Waals surface area (Å²) in [6.07, 6.45) is 18.5. The normalized spacial score (nSPS) is 33.5. The molecule has 1 fully saturated rings. The summed E-state index contributed by atoms with van der Waals surface area (Å²) in [4.78, 5) is 0. The summed E-state index contributed by atoms with van der Waals surface area (Å²) in [5.41, 5.74) is 14.1.